The minimum Gasteiger partial charge on any atom is -0.367 e. The van der Waals surface area contributed by atoms with Gasteiger partial charge in [-0.3, -0.25) is 0 Å². The number of hydrogen-bond donors (Lipinski definition) is 1. The Balaban J connectivity index is 2.28. The largest absolute Gasteiger partial charge is 0.367 e. The molecule has 10 heavy (non-hydrogen) atoms. The van der Waals surface area contributed by atoms with Crippen molar-refractivity contribution in [1.82, 2.24) is 4.98 Å². The van der Waals surface area contributed by atoms with Gasteiger partial charge in [-0.05, 0) is 31.4 Å². The van der Waals surface area contributed by atoms with E-state index in [1.54, 1.807) is 0 Å². The van der Waals surface area contributed by atoms with E-state index in [4.69, 9.17) is 11.6 Å². The van der Waals surface area contributed by atoms with Crippen LogP contribution in [0.15, 0.2) is 18.5 Å². The zero-order chi connectivity index (χ0) is 7.40. The molecule has 0 spiro atoms. The summed E-state index contributed by atoms with van der Waals surface area (Å²) in [4.78, 5) is 3.01. The van der Waals surface area contributed by atoms with E-state index in [2.05, 4.69) is 11.1 Å². The van der Waals surface area contributed by atoms with E-state index in [0.29, 0.717) is 0 Å². The molecular weight excluding hydrogens is 146 g/mol. The third-order valence-electron chi connectivity index (χ3n) is 1.49. The number of H-pyrrole nitrogens is 1. The van der Waals surface area contributed by atoms with Crippen molar-refractivity contribution in [2.24, 2.45) is 0 Å². The van der Waals surface area contributed by atoms with Crippen molar-refractivity contribution in [3.63, 3.8) is 0 Å². The number of alkyl halides is 1. The Morgan fingerprint density at radius 1 is 1.70 bits per heavy atom. The summed E-state index contributed by atoms with van der Waals surface area (Å²) < 4.78 is 0. The minimum atomic E-state index is 0.287. The third-order valence-corrected chi connectivity index (χ3v) is 1.71. The van der Waals surface area contributed by atoms with Gasteiger partial charge in [0.1, 0.15) is 0 Å². The molecule has 0 saturated heterocycles. The maximum absolute atomic E-state index is 5.78. The van der Waals surface area contributed by atoms with Crippen LogP contribution in [0.2, 0.25) is 0 Å². The summed E-state index contributed by atoms with van der Waals surface area (Å²) in [7, 11) is 0. The molecule has 2 heteroatoms. The molecule has 0 aliphatic rings. The van der Waals surface area contributed by atoms with E-state index in [1.807, 2.05) is 19.3 Å². The predicted octanol–water partition coefficient (Wildman–Crippen LogP) is 2.57. The second-order valence-corrected chi connectivity index (χ2v) is 3.28. The van der Waals surface area contributed by atoms with Crippen LogP contribution >= 0.6 is 11.6 Å². The lowest BCUT2D eigenvalue weighted by Crippen LogP contribution is -1.92. The van der Waals surface area contributed by atoms with Gasteiger partial charge in [-0.1, -0.05) is 0 Å². The van der Waals surface area contributed by atoms with Gasteiger partial charge in [0.25, 0.3) is 0 Å². The fraction of sp³-hybridized carbons (Fsp3) is 0.500. The molecule has 1 unspecified atom stereocenters. The van der Waals surface area contributed by atoms with Gasteiger partial charge >= 0.3 is 0 Å². The molecule has 0 bridgehead atoms. The van der Waals surface area contributed by atoms with Crippen LogP contribution < -0.4 is 0 Å². The molecule has 1 N–H and O–H groups in total. The van der Waals surface area contributed by atoms with E-state index < -0.39 is 0 Å². The highest BCUT2D eigenvalue weighted by Crippen LogP contribution is 2.07. The zero-order valence-electron chi connectivity index (χ0n) is 6.10. The lowest BCUT2D eigenvalue weighted by molar-refractivity contribution is 0.804. The second-order valence-electron chi connectivity index (χ2n) is 2.54. The van der Waals surface area contributed by atoms with Crippen molar-refractivity contribution in [2.45, 2.75) is 25.1 Å². The number of aromatic amines is 1. The Morgan fingerprint density at radius 3 is 3.00 bits per heavy atom. The van der Waals surface area contributed by atoms with Crippen LogP contribution in [-0.4, -0.2) is 10.4 Å². The Bertz CT molecular complexity index is 167. The molecule has 1 rings (SSSR count). The molecule has 0 aliphatic carbocycles. The van der Waals surface area contributed by atoms with Gasteiger partial charge < -0.3 is 4.98 Å². The molecule has 56 valence electrons. The number of nitrogens with one attached hydrogen (secondary N) is 1. The van der Waals surface area contributed by atoms with Crippen LogP contribution in [0.4, 0.5) is 0 Å². The molecule has 1 aromatic heterocycles. The molecule has 0 aliphatic heterocycles. The third kappa shape index (κ3) is 2.44. The van der Waals surface area contributed by atoms with Crippen molar-refractivity contribution in [2.75, 3.05) is 0 Å². The topological polar surface area (TPSA) is 15.8 Å². The Labute approximate surface area is 66.4 Å². The predicted molar refractivity (Wildman–Crippen MR) is 44.4 cm³/mol. The molecule has 1 nitrogen and oxygen atoms in total. The van der Waals surface area contributed by atoms with Gasteiger partial charge in [-0.2, -0.15) is 0 Å². The lowest BCUT2D eigenvalue weighted by Gasteiger charge is -1.98. The van der Waals surface area contributed by atoms with Gasteiger partial charge in [-0.25, -0.2) is 0 Å². The summed E-state index contributed by atoms with van der Waals surface area (Å²) in [5, 5.41) is 0.287. The van der Waals surface area contributed by atoms with Crippen molar-refractivity contribution in [1.29, 1.82) is 0 Å². The molecule has 0 amide bonds. The summed E-state index contributed by atoms with van der Waals surface area (Å²) >= 11 is 5.78. The summed E-state index contributed by atoms with van der Waals surface area (Å²) in [6.07, 6.45) is 6.08. The second kappa shape index (κ2) is 3.67. The normalized spacial score (nSPS) is 13.4. The number of rotatable bonds is 3. The van der Waals surface area contributed by atoms with E-state index in [-0.39, 0.29) is 5.38 Å². The fourth-order valence-corrected chi connectivity index (χ4v) is 0.989. The van der Waals surface area contributed by atoms with Gasteiger partial charge in [0.05, 0.1) is 0 Å². The van der Waals surface area contributed by atoms with Gasteiger partial charge in [0, 0.05) is 17.8 Å². The monoisotopic (exact) mass is 157 g/mol. The van der Waals surface area contributed by atoms with Crippen LogP contribution in [0.3, 0.4) is 0 Å². The van der Waals surface area contributed by atoms with Crippen molar-refractivity contribution in [3.8, 4) is 0 Å². The van der Waals surface area contributed by atoms with Crippen molar-refractivity contribution < 1.29 is 0 Å². The molecule has 0 aromatic carbocycles. The average Bonchev–Trinajstić information content (AvgIpc) is 2.34. The van der Waals surface area contributed by atoms with E-state index in [9.17, 15) is 0 Å². The summed E-state index contributed by atoms with van der Waals surface area (Å²) in [6, 6.07) is 2.08. The molecule has 0 radical (unpaired) electrons. The van der Waals surface area contributed by atoms with Gasteiger partial charge in [0.2, 0.25) is 0 Å². The number of halogens is 1. The number of aromatic nitrogens is 1. The Hall–Kier alpha value is -0.430. The van der Waals surface area contributed by atoms with E-state index in [1.165, 1.54) is 5.56 Å². The smallest absolute Gasteiger partial charge is 0.0311 e. The first-order valence-corrected chi connectivity index (χ1v) is 3.98. The molecule has 0 fully saturated rings. The van der Waals surface area contributed by atoms with Crippen LogP contribution in [0.1, 0.15) is 18.9 Å². The SMILES string of the molecule is CC(Cl)CCc1cc[nH]c1. The Morgan fingerprint density at radius 2 is 2.50 bits per heavy atom. The van der Waals surface area contributed by atoms with E-state index >= 15 is 0 Å². The highest BCUT2D eigenvalue weighted by atomic mass is 35.5. The van der Waals surface area contributed by atoms with Gasteiger partial charge in [-0.15, -0.1) is 11.6 Å². The highest BCUT2D eigenvalue weighted by Gasteiger charge is 1.97. The lowest BCUT2D eigenvalue weighted by atomic mass is 10.1. The molecule has 1 aromatic rings. The fourth-order valence-electron chi connectivity index (χ4n) is 0.879. The molecule has 1 heterocycles. The van der Waals surface area contributed by atoms with Crippen molar-refractivity contribution in [3.05, 3.63) is 24.0 Å². The first kappa shape index (κ1) is 7.67. The van der Waals surface area contributed by atoms with Crippen LogP contribution in [-0.2, 0) is 6.42 Å². The minimum absolute atomic E-state index is 0.287. The first-order valence-electron chi connectivity index (χ1n) is 3.55. The number of aryl methyl sites for hydroxylation is 1. The van der Waals surface area contributed by atoms with Crippen LogP contribution in [0, 0.1) is 0 Å². The molecule has 0 saturated carbocycles. The molecular formula is C8H12ClN. The first-order chi connectivity index (χ1) is 4.79. The summed E-state index contributed by atoms with van der Waals surface area (Å²) in [5.74, 6) is 0. The quantitative estimate of drug-likeness (QED) is 0.650. The molecule has 1 atom stereocenters. The van der Waals surface area contributed by atoms with Gasteiger partial charge in [0.15, 0.2) is 0 Å². The Kier molecular flexibility index (Phi) is 2.82. The van der Waals surface area contributed by atoms with Crippen LogP contribution in [0.5, 0.6) is 0 Å². The maximum Gasteiger partial charge on any atom is 0.0311 e. The van der Waals surface area contributed by atoms with E-state index in [0.717, 1.165) is 12.8 Å². The highest BCUT2D eigenvalue weighted by molar-refractivity contribution is 6.20. The summed E-state index contributed by atoms with van der Waals surface area (Å²) in [6.45, 7) is 2.02. The van der Waals surface area contributed by atoms with Crippen LogP contribution in [0.25, 0.3) is 0 Å². The standard InChI is InChI=1S/C8H12ClN/c1-7(9)2-3-8-4-5-10-6-8/h4-7,10H,2-3H2,1H3. The zero-order valence-corrected chi connectivity index (χ0v) is 6.86. The summed E-state index contributed by atoms with van der Waals surface area (Å²) in [5.41, 5.74) is 1.34. The maximum atomic E-state index is 5.78. The number of hydrogen-bond acceptors (Lipinski definition) is 0. The average molecular weight is 158 g/mol. The van der Waals surface area contributed by atoms with Crippen molar-refractivity contribution >= 4 is 11.6 Å².